The molecule has 0 bridgehead atoms. The monoisotopic (exact) mass is 558 g/mol. The van der Waals surface area contributed by atoms with Crippen LogP contribution in [0.25, 0.3) is 22.3 Å². The highest BCUT2D eigenvalue weighted by molar-refractivity contribution is 5.83. The molecule has 1 aromatic carbocycles. The molecule has 4 aromatic rings. The minimum absolute atomic E-state index is 0.0126. The molecule has 2 fully saturated rings. The van der Waals surface area contributed by atoms with E-state index in [-0.39, 0.29) is 23.6 Å². The SMILES string of the molecule is Cc1nc2c(F)cc(-c3nc(Nc4ccc5c(n4)CCN(CC(=O)N4CCCC4)C5)ncc3F)cc2n1C1CCC1. The Kier molecular flexibility index (Phi) is 6.61. The molecule has 1 saturated carbocycles. The van der Waals surface area contributed by atoms with Gasteiger partial charge in [-0.15, -0.1) is 0 Å². The third-order valence-corrected chi connectivity index (χ3v) is 8.57. The van der Waals surface area contributed by atoms with E-state index in [9.17, 15) is 9.18 Å². The number of imidazole rings is 1. The first-order chi connectivity index (χ1) is 19.9. The van der Waals surface area contributed by atoms with Gasteiger partial charge in [0.1, 0.15) is 22.9 Å². The Labute approximate surface area is 236 Å². The van der Waals surface area contributed by atoms with E-state index >= 15 is 4.39 Å². The average Bonchev–Trinajstić information content (AvgIpc) is 3.58. The summed E-state index contributed by atoms with van der Waals surface area (Å²) in [5, 5.41) is 3.09. The van der Waals surface area contributed by atoms with Crippen LogP contribution in [0, 0.1) is 18.6 Å². The Hall–Kier alpha value is -3.99. The van der Waals surface area contributed by atoms with Crippen molar-refractivity contribution in [1.82, 2.24) is 34.3 Å². The molecule has 0 atom stereocenters. The van der Waals surface area contributed by atoms with Crippen LogP contribution >= 0.6 is 0 Å². The first-order valence-electron chi connectivity index (χ1n) is 14.4. The maximum Gasteiger partial charge on any atom is 0.236 e. The Morgan fingerprint density at radius 2 is 1.85 bits per heavy atom. The van der Waals surface area contributed by atoms with Crippen LogP contribution in [0.3, 0.4) is 0 Å². The number of nitrogens with one attached hydrogen (secondary N) is 1. The topological polar surface area (TPSA) is 92.1 Å². The molecule has 1 amide bonds. The summed E-state index contributed by atoms with van der Waals surface area (Å²) in [6.07, 6.45) is 7.18. The predicted octanol–water partition coefficient (Wildman–Crippen LogP) is 4.92. The van der Waals surface area contributed by atoms with Gasteiger partial charge in [-0.25, -0.2) is 28.7 Å². The normalized spacial score (nSPS) is 17.6. The minimum atomic E-state index is -0.636. The fourth-order valence-corrected chi connectivity index (χ4v) is 6.19. The fourth-order valence-electron chi connectivity index (χ4n) is 6.19. The Morgan fingerprint density at radius 1 is 1.02 bits per heavy atom. The number of carbonyl (C=O) groups excluding carboxylic acids is 1. The molecule has 41 heavy (non-hydrogen) atoms. The van der Waals surface area contributed by atoms with Crippen molar-refractivity contribution in [2.24, 2.45) is 0 Å². The zero-order valence-corrected chi connectivity index (χ0v) is 23.0. The maximum atomic E-state index is 15.1. The molecule has 0 unspecified atom stereocenters. The van der Waals surface area contributed by atoms with Crippen LogP contribution < -0.4 is 5.32 Å². The smallest absolute Gasteiger partial charge is 0.236 e. The molecule has 0 radical (unpaired) electrons. The summed E-state index contributed by atoms with van der Waals surface area (Å²) in [5.41, 5.74) is 3.33. The van der Waals surface area contributed by atoms with Gasteiger partial charge in [-0.05, 0) is 62.8 Å². The quantitative estimate of drug-likeness (QED) is 0.359. The average molecular weight is 559 g/mol. The second-order valence-electron chi connectivity index (χ2n) is 11.3. The van der Waals surface area contributed by atoms with Crippen molar-refractivity contribution >= 4 is 28.7 Å². The van der Waals surface area contributed by atoms with Crippen LogP contribution in [0.15, 0.2) is 30.5 Å². The lowest BCUT2D eigenvalue weighted by atomic mass is 9.92. The van der Waals surface area contributed by atoms with Crippen LogP contribution in [0.4, 0.5) is 20.5 Å². The first kappa shape index (κ1) is 25.9. The van der Waals surface area contributed by atoms with E-state index in [4.69, 9.17) is 4.98 Å². The van der Waals surface area contributed by atoms with E-state index < -0.39 is 11.6 Å². The van der Waals surface area contributed by atoms with E-state index in [1.807, 2.05) is 24.0 Å². The summed E-state index contributed by atoms with van der Waals surface area (Å²) >= 11 is 0. The van der Waals surface area contributed by atoms with Crippen LogP contribution in [0.1, 0.15) is 55.2 Å². The van der Waals surface area contributed by atoms with Crippen LogP contribution in [0.2, 0.25) is 0 Å². The lowest BCUT2D eigenvalue weighted by molar-refractivity contribution is -0.131. The molecule has 3 aliphatic rings. The van der Waals surface area contributed by atoms with Crippen molar-refractivity contribution in [3.05, 3.63) is 59.2 Å². The summed E-state index contributed by atoms with van der Waals surface area (Å²) in [5.74, 6) is 0.533. The molecule has 1 N–H and O–H groups in total. The standard InChI is InChI=1S/C30H32F2N8O/c1-18-34-29-22(31)13-20(14-25(29)40(18)21-5-4-6-21)28-23(32)15-33-30(37-28)36-26-8-7-19-16-38(12-9-24(19)35-26)17-27(41)39-10-2-3-11-39/h7-8,13-15,21H,2-6,9-12,16-17H2,1H3,(H,33,35,36,37). The second-order valence-corrected chi connectivity index (χ2v) is 11.3. The Morgan fingerprint density at radius 3 is 2.63 bits per heavy atom. The number of likely N-dealkylation sites (tertiary alicyclic amines) is 1. The molecule has 0 spiro atoms. The lowest BCUT2D eigenvalue weighted by Gasteiger charge is -2.29. The van der Waals surface area contributed by atoms with Crippen LogP contribution in [-0.2, 0) is 17.8 Å². The zero-order chi connectivity index (χ0) is 28.1. The van der Waals surface area contributed by atoms with Crippen molar-refractivity contribution in [2.75, 3.05) is 31.5 Å². The zero-order valence-electron chi connectivity index (χ0n) is 23.0. The number of anilines is 2. The van der Waals surface area contributed by atoms with Gasteiger partial charge in [-0.3, -0.25) is 9.69 Å². The van der Waals surface area contributed by atoms with E-state index in [2.05, 4.69) is 29.7 Å². The lowest BCUT2D eigenvalue weighted by Crippen LogP contribution is -2.41. The number of fused-ring (bicyclic) bond motifs is 2. The summed E-state index contributed by atoms with van der Waals surface area (Å²) in [4.78, 5) is 34.4. The molecule has 11 heteroatoms. The van der Waals surface area contributed by atoms with Gasteiger partial charge in [-0.2, -0.15) is 0 Å². The number of rotatable bonds is 6. The van der Waals surface area contributed by atoms with Crippen molar-refractivity contribution in [3.8, 4) is 11.3 Å². The number of hydrogen-bond acceptors (Lipinski definition) is 7. The van der Waals surface area contributed by atoms with E-state index in [1.165, 1.54) is 6.07 Å². The number of aryl methyl sites for hydroxylation is 1. The summed E-state index contributed by atoms with van der Waals surface area (Å²) in [6, 6.07) is 7.17. The molecule has 9 nitrogen and oxygen atoms in total. The number of amides is 1. The van der Waals surface area contributed by atoms with Crippen LogP contribution in [0.5, 0.6) is 0 Å². The number of carbonyl (C=O) groups is 1. The molecule has 2 aliphatic heterocycles. The Bertz CT molecular complexity index is 1640. The molecule has 212 valence electrons. The van der Waals surface area contributed by atoms with Gasteiger partial charge < -0.3 is 14.8 Å². The number of halogens is 2. The van der Waals surface area contributed by atoms with Crippen molar-refractivity contribution < 1.29 is 13.6 Å². The van der Waals surface area contributed by atoms with E-state index in [1.54, 1.807) is 6.07 Å². The van der Waals surface area contributed by atoms with Gasteiger partial charge in [0.05, 0.1) is 18.3 Å². The highest BCUT2D eigenvalue weighted by Crippen LogP contribution is 2.37. The molecule has 1 aliphatic carbocycles. The van der Waals surface area contributed by atoms with Gasteiger partial charge in [0, 0.05) is 49.9 Å². The largest absolute Gasteiger partial charge is 0.342 e. The van der Waals surface area contributed by atoms with Crippen molar-refractivity contribution in [3.63, 3.8) is 0 Å². The van der Waals surface area contributed by atoms with Gasteiger partial charge >= 0.3 is 0 Å². The fraction of sp³-hybridized carbons (Fsp3) is 0.433. The van der Waals surface area contributed by atoms with Gasteiger partial charge in [-0.1, -0.05) is 6.07 Å². The number of aromatic nitrogens is 5. The van der Waals surface area contributed by atoms with Gasteiger partial charge in [0.2, 0.25) is 11.9 Å². The molecule has 1 saturated heterocycles. The van der Waals surface area contributed by atoms with E-state index in [0.29, 0.717) is 35.5 Å². The number of pyridine rings is 1. The molecule has 3 aromatic heterocycles. The number of benzene rings is 1. The third kappa shape index (κ3) is 4.92. The third-order valence-electron chi connectivity index (χ3n) is 8.57. The van der Waals surface area contributed by atoms with E-state index in [0.717, 1.165) is 81.4 Å². The minimum Gasteiger partial charge on any atom is -0.342 e. The first-order valence-corrected chi connectivity index (χ1v) is 14.4. The predicted molar refractivity (Wildman–Crippen MR) is 151 cm³/mol. The van der Waals surface area contributed by atoms with Gasteiger partial charge in [0.25, 0.3) is 0 Å². The highest BCUT2D eigenvalue weighted by Gasteiger charge is 2.26. The molecular formula is C30H32F2N8O. The maximum absolute atomic E-state index is 15.1. The number of nitrogens with zero attached hydrogens (tertiary/aromatic N) is 7. The summed E-state index contributed by atoms with van der Waals surface area (Å²) in [6.45, 7) is 5.46. The summed E-state index contributed by atoms with van der Waals surface area (Å²) in [7, 11) is 0. The van der Waals surface area contributed by atoms with Crippen LogP contribution in [-0.4, -0.2) is 66.4 Å². The highest BCUT2D eigenvalue weighted by atomic mass is 19.1. The molecule has 7 rings (SSSR count). The van der Waals surface area contributed by atoms with Crippen molar-refractivity contribution in [2.45, 2.75) is 58.0 Å². The van der Waals surface area contributed by atoms with Crippen molar-refractivity contribution in [1.29, 1.82) is 0 Å². The molecular weight excluding hydrogens is 526 g/mol. The summed E-state index contributed by atoms with van der Waals surface area (Å²) < 4.78 is 32.2. The Balaban J connectivity index is 1.10. The van der Waals surface area contributed by atoms with Gasteiger partial charge in [0.15, 0.2) is 11.6 Å². The second kappa shape index (κ2) is 10.4. The number of hydrogen-bond donors (Lipinski definition) is 1. The molecule has 5 heterocycles.